The monoisotopic (exact) mass is 372 g/mol. The van der Waals surface area contributed by atoms with Crippen molar-refractivity contribution in [3.8, 4) is 0 Å². The molecule has 0 spiro atoms. The van der Waals surface area contributed by atoms with Crippen LogP contribution in [-0.4, -0.2) is 14.8 Å². The minimum Gasteiger partial charge on any atom is -0.348 e. The zero-order chi connectivity index (χ0) is 15.8. The Morgan fingerprint density at radius 1 is 1.13 bits per heavy atom. The normalized spacial score (nSPS) is 19.9. The van der Waals surface area contributed by atoms with E-state index >= 15 is 0 Å². The van der Waals surface area contributed by atoms with Crippen LogP contribution in [0.25, 0.3) is 0 Å². The Hall–Kier alpha value is -2.21. The maximum absolute atomic E-state index is 14.3. The van der Waals surface area contributed by atoms with E-state index in [2.05, 4.69) is 43.5 Å². The number of fused-ring (bicyclic) bond motifs is 1. The number of hydrogen-bond acceptors (Lipinski definition) is 3. The topological polar surface area (TPSA) is 42.7 Å². The summed E-state index contributed by atoms with van der Waals surface area (Å²) in [5.74, 6) is 0.452. The van der Waals surface area contributed by atoms with Crippen molar-refractivity contribution in [3.05, 3.63) is 76.3 Å². The zero-order valence-electron chi connectivity index (χ0n) is 12.2. The molecule has 0 saturated heterocycles. The summed E-state index contributed by atoms with van der Waals surface area (Å²) in [6.45, 7) is 0. The van der Waals surface area contributed by atoms with E-state index in [0.717, 1.165) is 10.0 Å². The van der Waals surface area contributed by atoms with Crippen molar-refractivity contribution in [2.75, 3.05) is 5.32 Å². The molecule has 4 rings (SSSR count). The molecule has 1 N–H and O–H groups in total. The number of benzene rings is 2. The van der Waals surface area contributed by atoms with Crippen molar-refractivity contribution >= 4 is 21.9 Å². The van der Waals surface area contributed by atoms with Gasteiger partial charge in [0.25, 0.3) is 0 Å². The Morgan fingerprint density at radius 3 is 2.70 bits per heavy atom. The van der Waals surface area contributed by atoms with Crippen molar-refractivity contribution in [1.29, 1.82) is 0 Å². The molecule has 116 valence electrons. The first-order valence-electron chi connectivity index (χ1n) is 7.38. The second kappa shape index (κ2) is 5.77. The van der Waals surface area contributed by atoms with Gasteiger partial charge in [-0.25, -0.2) is 9.07 Å². The van der Waals surface area contributed by atoms with E-state index in [1.54, 1.807) is 10.7 Å². The Balaban J connectivity index is 1.75. The van der Waals surface area contributed by atoms with Gasteiger partial charge in [-0.05, 0) is 30.2 Å². The lowest BCUT2D eigenvalue weighted by Gasteiger charge is -2.32. The van der Waals surface area contributed by atoms with Crippen LogP contribution in [0, 0.1) is 5.82 Å². The molecule has 0 bridgehead atoms. The van der Waals surface area contributed by atoms with Crippen LogP contribution in [0.4, 0.5) is 10.3 Å². The van der Waals surface area contributed by atoms with Crippen LogP contribution >= 0.6 is 15.9 Å². The molecule has 3 aromatic rings. The summed E-state index contributed by atoms with van der Waals surface area (Å²) >= 11 is 3.45. The Labute approximate surface area is 141 Å². The maximum Gasteiger partial charge on any atom is 0.222 e. The highest BCUT2D eigenvalue weighted by Gasteiger charge is 2.31. The highest BCUT2D eigenvalue weighted by atomic mass is 79.9. The lowest BCUT2D eigenvalue weighted by atomic mass is 9.93. The van der Waals surface area contributed by atoms with E-state index in [9.17, 15) is 4.39 Å². The summed E-state index contributed by atoms with van der Waals surface area (Å²) in [4.78, 5) is 4.26. The van der Waals surface area contributed by atoms with Crippen LogP contribution in [0.2, 0.25) is 0 Å². The lowest BCUT2D eigenvalue weighted by Crippen LogP contribution is -2.28. The first-order valence-corrected chi connectivity index (χ1v) is 8.17. The summed E-state index contributed by atoms with van der Waals surface area (Å²) in [5, 5.41) is 7.65. The van der Waals surface area contributed by atoms with Gasteiger partial charge in [-0.15, -0.1) is 0 Å². The number of aromatic nitrogens is 3. The van der Waals surface area contributed by atoms with Gasteiger partial charge in [0.2, 0.25) is 5.95 Å². The number of halogens is 2. The Bertz CT molecular complexity index is 831. The van der Waals surface area contributed by atoms with Gasteiger partial charge in [-0.2, -0.15) is 10.1 Å². The molecule has 1 aliphatic heterocycles. The van der Waals surface area contributed by atoms with Crippen LogP contribution in [0.3, 0.4) is 0 Å². The summed E-state index contributed by atoms with van der Waals surface area (Å²) in [5.41, 5.74) is 1.78. The summed E-state index contributed by atoms with van der Waals surface area (Å²) in [6, 6.07) is 14.9. The van der Waals surface area contributed by atoms with Crippen LogP contribution in [-0.2, 0) is 0 Å². The van der Waals surface area contributed by atoms with E-state index in [-0.39, 0.29) is 17.9 Å². The van der Waals surface area contributed by atoms with Gasteiger partial charge in [0.15, 0.2) is 0 Å². The molecule has 2 atom stereocenters. The molecule has 1 aliphatic rings. The molecule has 0 fully saturated rings. The summed E-state index contributed by atoms with van der Waals surface area (Å²) in [6.07, 6.45) is 2.21. The first kappa shape index (κ1) is 14.4. The summed E-state index contributed by atoms with van der Waals surface area (Å²) in [7, 11) is 0. The second-order valence-electron chi connectivity index (χ2n) is 5.55. The zero-order valence-corrected chi connectivity index (χ0v) is 13.7. The number of anilines is 1. The maximum atomic E-state index is 14.3. The molecular weight excluding hydrogens is 359 g/mol. The third-order valence-corrected chi connectivity index (χ3v) is 4.70. The van der Waals surface area contributed by atoms with Crippen molar-refractivity contribution < 1.29 is 4.39 Å². The highest BCUT2D eigenvalue weighted by Crippen LogP contribution is 2.38. The van der Waals surface area contributed by atoms with Crippen molar-refractivity contribution in [3.63, 3.8) is 0 Å². The smallest absolute Gasteiger partial charge is 0.222 e. The minimum absolute atomic E-state index is 0.0596. The molecule has 6 heteroatoms. The average molecular weight is 373 g/mol. The first-order chi connectivity index (χ1) is 11.2. The fourth-order valence-corrected chi connectivity index (χ4v) is 3.30. The van der Waals surface area contributed by atoms with E-state index in [1.165, 1.54) is 12.4 Å². The van der Waals surface area contributed by atoms with Gasteiger partial charge >= 0.3 is 0 Å². The van der Waals surface area contributed by atoms with Crippen molar-refractivity contribution in [2.24, 2.45) is 0 Å². The van der Waals surface area contributed by atoms with E-state index in [1.807, 2.05) is 24.3 Å². The quantitative estimate of drug-likeness (QED) is 0.727. The third kappa shape index (κ3) is 2.63. The molecule has 0 unspecified atom stereocenters. The van der Waals surface area contributed by atoms with Crippen LogP contribution in [0.5, 0.6) is 0 Å². The predicted molar refractivity (Wildman–Crippen MR) is 89.7 cm³/mol. The van der Waals surface area contributed by atoms with Gasteiger partial charge in [-0.1, -0.05) is 46.3 Å². The summed E-state index contributed by atoms with van der Waals surface area (Å²) < 4.78 is 17.1. The molecule has 0 amide bonds. The van der Waals surface area contributed by atoms with E-state index in [0.29, 0.717) is 17.9 Å². The Kier molecular flexibility index (Phi) is 3.61. The molecular formula is C17H14BrFN4. The average Bonchev–Trinajstić information content (AvgIpc) is 3.04. The predicted octanol–water partition coefficient (Wildman–Crippen LogP) is 4.33. The van der Waals surface area contributed by atoms with Gasteiger partial charge in [0, 0.05) is 10.0 Å². The Morgan fingerprint density at radius 2 is 1.91 bits per heavy atom. The molecule has 23 heavy (non-hydrogen) atoms. The van der Waals surface area contributed by atoms with Crippen LogP contribution < -0.4 is 5.32 Å². The lowest BCUT2D eigenvalue weighted by molar-refractivity contribution is 0.416. The standard InChI is InChI=1S/C17H14BrFN4/c18-12-7-5-11(6-8-12)15-9-16(13-3-1-2-4-14(13)19)23-17(22-15)20-10-21-23/h1-8,10,15-16H,9H2,(H,20,21,22)/t15-,16+/m0/s1. The van der Waals surface area contributed by atoms with Crippen LogP contribution in [0.15, 0.2) is 59.3 Å². The number of nitrogens with zero attached hydrogens (tertiary/aromatic N) is 3. The molecule has 2 heterocycles. The number of nitrogens with one attached hydrogen (secondary N) is 1. The largest absolute Gasteiger partial charge is 0.348 e. The molecule has 0 radical (unpaired) electrons. The van der Waals surface area contributed by atoms with E-state index < -0.39 is 0 Å². The van der Waals surface area contributed by atoms with Crippen molar-refractivity contribution in [2.45, 2.75) is 18.5 Å². The fourth-order valence-electron chi connectivity index (χ4n) is 3.04. The van der Waals surface area contributed by atoms with Gasteiger partial charge < -0.3 is 5.32 Å². The third-order valence-electron chi connectivity index (χ3n) is 4.17. The molecule has 4 nitrogen and oxygen atoms in total. The SMILES string of the molecule is Fc1ccccc1[C@H]1C[C@@H](c2ccc(Br)cc2)Nc2ncnn21. The molecule has 0 aliphatic carbocycles. The fraction of sp³-hybridized carbons (Fsp3) is 0.176. The van der Waals surface area contributed by atoms with E-state index in [4.69, 9.17) is 0 Å². The van der Waals surface area contributed by atoms with Crippen molar-refractivity contribution in [1.82, 2.24) is 14.8 Å². The second-order valence-corrected chi connectivity index (χ2v) is 6.47. The van der Waals surface area contributed by atoms with Gasteiger partial charge in [-0.3, -0.25) is 0 Å². The van der Waals surface area contributed by atoms with Crippen LogP contribution in [0.1, 0.15) is 29.6 Å². The van der Waals surface area contributed by atoms with Gasteiger partial charge in [0.1, 0.15) is 12.1 Å². The number of rotatable bonds is 2. The molecule has 2 aromatic carbocycles. The molecule has 0 saturated carbocycles. The highest BCUT2D eigenvalue weighted by molar-refractivity contribution is 9.10. The minimum atomic E-state index is -0.213. The number of hydrogen-bond donors (Lipinski definition) is 1. The van der Waals surface area contributed by atoms with Gasteiger partial charge in [0.05, 0.1) is 12.1 Å². The molecule has 1 aromatic heterocycles.